The molecule has 1 N–H and O–H groups in total. The van der Waals surface area contributed by atoms with Crippen molar-refractivity contribution in [1.82, 2.24) is 0 Å². The molecule has 14 heavy (non-hydrogen) atoms. The van der Waals surface area contributed by atoms with Crippen LogP contribution in [-0.2, 0) is 9.24 Å². The highest BCUT2D eigenvalue weighted by molar-refractivity contribution is 7.52. The Hall–Kier alpha value is -1.09. The summed E-state index contributed by atoms with van der Waals surface area (Å²) in [5.41, 5.74) is 0. The van der Waals surface area contributed by atoms with Gasteiger partial charge in [-0.25, -0.2) is 0 Å². The zero-order chi connectivity index (χ0) is 10.4. The van der Waals surface area contributed by atoms with E-state index < -0.39 is 7.60 Å². The van der Waals surface area contributed by atoms with Gasteiger partial charge in [-0.1, -0.05) is 28.9 Å². The number of benzene rings is 1. The first-order valence-corrected chi connectivity index (χ1v) is 5.74. The van der Waals surface area contributed by atoms with E-state index >= 15 is 0 Å². The minimum absolute atomic E-state index is 0.139. The molecule has 0 bridgehead atoms. The van der Waals surface area contributed by atoms with Gasteiger partial charge in [0.25, 0.3) is 0 Å². The average molecular weight is 214 g/mol. The number of para-hydroxylation sites is 1. The van der Waals surface area contributed by atoms with Gasteiger partial charge in [-0.2, -0.15) is 0 Å². The molecule has 1 atom stereocenters. The van der Waals surface area contributed by atoms with Gasteiger partial charge in [-0.3, -0.25) is 4.57 Å². The van der Waals surface area contributed by atoms with Crippen LogP contribution in [0.25, 0.3) is 0 Å². The highest BCUT2D eigenvalue weighted by Crippen LogP contribution is 2.41. The van der Waals surface area contributed by atoms with Crippen LogP contribution in [0.1, 0.15) is 0 Å². The molecule has 0 saturated carbocycles. The lowest BCUT2D eigenvalue weighted by Gasteiger charge is -2.08. The monoisotopic (exact) mass is 214 g/mol. The van der Waals surface area contributed by atoms with Gasteiger partial charge in [-0.05, 0) is 12.1 Å². The maximum atomic E-state index is 11.1. The third kappa shape index (κ3) is 3.75. The van der Waals surface area contributed by atoms with Crippen LogP contribution in [-0.4, -0.2) is 11.1 Å². The normalized spacial score (nSPS) is 14.4. The molecular weight excluding hydrogens is 203 g/mol. The summed E-state index contributed by atoms with van der Waals surface area (Å²) < 4.78 is 15.5. The lowest BCUT2D eigenvalue weighted by atomic mass is 10.3. The largest absolute Gasteiger partial charge is 0.370 e. The van der Waals surface area contributed by atoms with Crippen LogP contribution in [0.2, 0.25) is 0 Å². The van der Waals surface area contributed by atoms with Gasteiger partial charge >= 0.3 is 7.60 Å². The first kappa shape index (κ1) is 11.0. The van der Waals surface area contributed by atoms with Crippen molar-refractivity contribution >= 4 is 7.60 Å². The Labute approximate surface area is 82.3 Å². The van der Waals surface area contributed by atoms with Crippen molar-refractivity contribution in [3.63, 3.8) is 0 Å². The van der Waals surface area contributed by atoms with E-state index in [1.807, 2.05) is 0 Å². The Morgan fingerprint density at radius 2 is 2.07 bits per heavy atom. The van der Waals surface area contributed by atoms with Gasteiger partial charge in [0, 0.05) is 0 Å². The fraction of sp³-hybridized carbons (Fsp3) is 0.111. The van der Waals surface area contributed by atoms with Crippen LogP contribution in [0.15, 0.2) is 43.0 Å². The van der Waals surface area contributed by atoms with Crippen molar-refractivity contribution in [3.05, 3.63) is 43.0 Å². The summed E-state index contributed by atoms with van der Waals surface area (Å²) in [6.07, 6.45) is 1.16. The Morgan fingerprint density at radius 3 is 2.64 bits per heavy atom. The van der Waals surface area contributed by atoms with E-state index in [4.69, 9.17) is 4.89 Å². The third-order valence-corrected chi connectivity index (χ3v) is 2.38. The standard InChI is InChI=1S/C9H11O4P/c1-2-8-14(10,11)13-12-9-6-4-3-5-7-9/h2-7H,1,8H2,(H,10,11). The fourth-order valence-electron chi connectivity index (χ4n) is 0.771. The molecule has 0 aliphatic carbocycles. The predicted molar refractivity (Wildman–Crippen MR) is 53.0 cm³/mol. The number of hydrogen-bond donors (Lipinski definition) is 1. The zero-order valence-electron chi connectivity index (χ0n) is 7.50. The summed E-state index contributed by atoms with van der Waals surface area (Å²) in [5, 5.41) is 0. The van der Waals surface area contributed by atoms with Crippen molar-refractivity contribution in [2.24, 2.45) is 0 Å². The highest BCUT2D eigenvalue weighted by atomic mass is 31.2. The van der Waals surface area contributed by atoms with Crippen LogP contribution in [0.5, 0.6) is 5.75 Å². The Morgan fingerprint density at radius 1 is 1.43 bits per heavy atom. The molecule has 0 saturated heterocycles. The van der Waals surface area contributed by atoms with E-state index in [-0.39, 0.29) is 6.16 Å². The van der Waals surface area contributed by atoms with Crippen molar-refractivity contribution in [2.75, 3.05) is 6.16 Å². The molecule has 0 aliphatic rings. The molecule has 0 heterocycles. The Kier molecular flexibility index (Phi) is 3.89. The van der Waals surface area contributed by atoms with Crippen LogP contribution in [0.4, 0.5) is 0 Å². The summed E-state index contributed by atoms with van der Waals surface area (Å²) in [4.78, 5) is 13.8. The highest BCUT2D eigenvalue weighted by Gasteiger charge is 2.19. The van der Waals surface area contributed by atoms with E-state index in [1.54, 1.807) is 30.3 Å². The van der Waals surface area contributed by atoms with Crippen LogP contribution >= 0.6 is 7.60 Å². The molecule has 5 heteroatoms. The predicted octanol–water partition coefficient (Wildman–Crippen LogP) is 2.37. The smallest absolute Gasteiger partial charge is 0.329 e. The summed E-state index contributed by atoms with van der Waals surface area (Å²) in [7, 11) is -3.70. The minimum Gasteiger partial charge on any atom is -0.329 e. The molecule has 0 spiro atoms. The van der Waals surface area contributed by atoms with E-state index in [1.165, 1.54) is 6.08 Å². The molecule has 1 rings (SSSR count). The molecule has 0 radical (unpaired) electrons. The molecule has 0 amide bonds. The molecule has 4 nitrogen and oxygen atoms in total. The topological polar surface area (TPSA) is 55.8 Å². The first-order chi connectivity index (χ1) is 6.64. The minimum atomic E-state index is -3.70. The van der Waals surface area contributed by atoms with Gasteiger partial charge in [-0.15, -0.1) is 6.58 Å². The average Bonchev–Trinajstić information content (AvgIpc) is 2.17. The molecule has 0 fully saturated rings. The van der Waals surface area contributed by atoms with Crippen LogP contribution in [0, 0.1) is 0 Å². The summed E-state index contributed by atoms with van der Waals surface area (Å²) in [6.45, 7) is 3.33. The lowest BCUT2D eigenvalue weighted by Crippen LogP contribution is -1.97. The molecular formula is C9H11O4P. The summed E-state index contributed by atoms with van der Waals surface area (Å²) >= 11 is 0. The van der Waals surface area contributed by atoms with E-state index in [2.05, 4.69) is 16.1 Å². The lowest BCUT2D eigenvalue weighted by molar-refractivity contribution is -0.108. The van der Waals surface area contributed by atoms with E-state index in [0.29, 0.717) is 5.75 Å². The van der Waals surface area contributed by atoms with Crippen molar-refractivity contribution in [3.8, 4) is 5.75 Å². The second-order valence-electron chi connectivity index (χ2n) is 2.58. The Bertz CT molecular complexity index is 336. The number of allylic oxidation sites excluding steroid dienone is 1. The summed E-state index contributed by atoms with van der Waals surface area (Å²) in [5.74, 6) is 0.380. The second-order valence-corrected chi connectivity index (χ2v) is 4.37. The van der Waals surface area contributed by atoms with Gasteiger partial charge in [0.05, 0.1) is 6.16 Å². The quantitative estimate of drug-likeness (QED) is 0.354. The zero-order valence-corrected chi connectivity index (χ0v) is 8.39. The van der Waals surface area contributed by atoms with Gasteiger partial charge in [0.2, 0.25) is 0 Å². The van der Waals surface area contributed by atoms with Crippen molar-refractivity contribution in [2.45, 2.75) is 0 Å². The van der Waals surface area contributed by atoms with Crippen molar-refractivity contribution < 1.29 is 19.0 Å². The molecule has 76 valence electrons. The van der Waals surface area contributed by atoms with E-state index in [9.17, 15) is 4.57 Å². The van der Waals surface area contributed by atoms with Crippen LogP contribution < -0.4 is 4.89 Å². The molecule has 0 aromatic heterocycles. The van der Waals surface area contributed by atoms with Crippen molar-refractivity contribution in [1.29, 1.82) is 0 Å². The number of rotatable bonds is 5. The third-order valence-electron chi connectivity index (χ3n) is 1.35. The Balaban J connectivity index is 2.49. The SMILES string of the molecule is C=CCP(=O)(O)OOc1ccccc1. The first-order valence-electron chi connectivity index (χ1n) is 3.98. The molecule has 0 aliphatic heterocycles. The van der Waals surface area contributed by atoms with E-state index in [0.717, 1.165) is 0 Å². The maximum Gasteiger partial charge on any atom is 0.370 e. The maximum absolute atomic E-state index is 11.1. The van der Waals surface area contributed by atoms with Crippen LogP contribution in [0.3, 0.4) is 0 Å². The summed E-state index contributed by atoms with van der Waals surface area (Å²) in [6, 6.07) is 8.50. The molecule has 1 aromatic rings. The van der Waals surface area contributed by atoms with Gasteiger partial charge in [0.15, 0.2) is 5.75 Å². The van der Waals surface area contributed by atoms with Gasteiger partial charge < -0.3 is 9.78 Å². The number of hydrogen-bond acceptors (Lipinski definition) is 3. The molecule has 1 aromatic carbocycles. The van der Waals surface area contributed by atoms with Gasteiger partial charge in [0.1, 0.15) is 0 Å². The molecule has 1 unspecified atom stereocenters. The fourth-order valence-corrected chi connectivity index (χ4v) is 1.36. The second kappa shape index (κ2) is 4.96.